The zero-order chi connectivity index (χ0) is 15.3. The fourth-order valence-corrected chi connectivity index (χ4v) is 3.15. The first-order chi connectivity index (χ1) is 10.2. The van der Waals surface area contributed by atoms with Crippen LogP contribution in [0.4, 0.5) is 0 Å². The van der Waals surface area contributed by atoms with Crippen LogP contribution in [-0.2, 0) is 6.54 Å². The molecule has 0 saturated carbocycles. The number of hydrogen-bond acceptors (Lipinski definition) is 0. The third-order valence-electron chi connectivity index (χ3n) is 5.05. The van der Waals surface area contributed by atoms with Crippen molar-refractivity contribution in [3.05, 3.63) is 59.7 Å². The predicted molar refractivity (Wildman–Crippen MR) is 92.2 cm³/mol. The van der Waals surface area contributed by atoms with Crippen LogP contribution < -0.4 is 0 Å². The molecular formula is C20H28N+. The molecule has 0 aliphatic rings. The number of rotatable bonds is 6. The highest BCUT2D eigenvalue weighted by Gasteiger charge is 2.22. The van der Waals surface area contributed by atoms with E-state index in [4.69, 9.17) is 0 Å². The first-order valence-electron chi connectivity index (χ1n) is 8.14. The van der Waals surface area contributed by atoms with Gasteiger partial charge in [0, 0.05) is 5.56 Å². The van der Waals surface area contributed by atoms with Gasteiger partial charge in [-0.1, -0.05) is 48.5 Å². The van der Waals surface area contributed by atoms with E-state index < -0.39 is 0 Å². The van der Waals surface area contributed by atoms with Crippen LogP contribution in [0.15, 0.2) is 48.5 Å². The van der Waals surface area contributed by atoms with E-state index in [2.05, 4.69) is 76.2 Å². The second-order valence-electron chi connectivity index (χ2n) is 5.90. The van der Waals surface area contributed by atoms with Crippen LogP contribution in [0.3, 0.4) is 0 Å². The van der Waals surface area contributed by atoms with Crippen molar-refractivity contribution in [2.75, 3.05) is 19.6 Å². The molecule has 2 aromatic rings. The molecule has 0 atom stereocenters. The van der Waals surface area contributed by atoms with Gasteiger partial charge in [-0.3, -0.25) is 0 Å². The first-order valence-corrected chi connectivity index (χ1v) is 8.14. The molecule has 1 heteroatoms. The van der Waals surface area contributed by atoms with Crippen LogP contribution in [0.1, 0.15) is 31.9 Å². The summed E-state index contributed by atoms with van der Waals surface area (Å²) < 4.78 is 1.17. The van der Waals surface area contributed by atoms with Crippen LogP contribution in [0, 0.1) is 6.92 Å². The average molecular weight is 282 g/mol. The van der Waals surface area contributed by atoms with Gasteiger partial charge in [0.05, 0.1) is 19.6 Å². The fraction of sp³-hybridized carbons (Fsp3) is 0.400. The minimum absolute atomic E-state index is 1.13. The molecule has 112 valence electrons. The van der Waals surface area contributed by atoms with Gasteiger partial charge in [0.25, 0.3) is 0 Å². The van der Waals surface area contributed by atoms with Crippen molar-refractivity contribution in [2.45, 2.75) is 34.2 Å². The molecule has 0 heterocycles. The summed E-state index contributed by atoms with van der Waals surface area (Å²) in [5.74, 6) is 0. The minimum Gasteiger partial charge on any atom is -0.321 e. The molecule has 0 amide bonds. The molecule has 0 bridgehead atoms. The van der Waals surface area contributed by atoms with Crippen molar-refractivity contribution in [3.8, 4) is 11.1 Å². The Kier molecular flexibility index (Phi) is 5.19. The van der Waals surface area contributed by atoms with E-state index in [1.54, 1.807) is 0 Å². The van der Waals surface area contributed by atoms with Gasteiger partial charge in [-0.2, -0.15) is 0 Å². The van der Waals surface area contributed by atoms with E-state index in [0.29, 0.717) is 0 Å². The van der Waals surface area contributed by atoms with Gasteiger partial charge in [-0.05, 0) is 44.4 Å². The molecule has 0 saturated heterocycles. The maximum atomic E-state index is 2.31. The highest BCUT2D eigenvalue weighted by Crippen LogP contribution is 2.27. The summed E-state index contributed by atoms with van der Waals surface area (Å²) in [5.41, 5.74) is 5.61. The Morgan fingerprint density at radius 2 is 1.38 bits per heavy atom. The van der Waals surface area contributed by atoms with Gasteiger partial charge < -0.3 is 4.48 Å². The van der Waals surface area contributed by atoms with Crippen LogP contribution in [0.2, 0.25) is 0 Å². The molecule has 1 nitrogen and oxygen atoms in total. The van der Waals surface area contributed by atoms with Gasteiger partial charge in [-0.15, -0.1) is 0 Å². The largest absolute Gasteiger partial charge is 0.321 e. The maximum Gasteiger partial charge on any atom is 0.105 e. The lowest BCUT2D eigenvalue weighted by molar-refractivity contribution is -0.936. The van der Waals surface area contributed by atoms with E-state index >= 15 is 0 Å². The van der Waals surface area contributed by atoms with E-state index in [1.807, 2.05) is 0 Å². The molecule has 0 N–H and O–H groups in total. The standard InChI is InChI=1S/C20H28N/c1-5-21(6-2,7-3)16-19-14-11-15-20(17(19)4)18-12-9-8-10-13-18/h8-15H,5-7,16H2,1-4H3/q+1. The van der Waals surface area contributed by atoms with Crippen LogP contribution in [-0.4, -0.2) is 24.1 Å². The molecule has 2 rings (SSSR count). The van der Waals surface area contributed by atoms with Crippen LogP contribution >= 0.6 is 0 Å². The maximum absolute atomic E-state index is 2.31. The van der Waals surface area contributed by atoms with Gasteiger partial charge in [-0.25, -0.2) is 0 Å². The second kappa shape index (κ2) is 6.91. The van der Waals surface area contributed by atoms with Crippen LogP contribution in [0.25, 0.3) is 11.1 Å². The number of nitrogens with zero attached hydrogens (tertiary/aromatic N) is 1. The smallest absolute Gasteiger partial charge is 0.105 e. The quantitative estimate of drug-likeness (QED) is 0.651. The van der Waals surface area contributed by atoms with Crippen LogP contribution in [0.5, 0.6) is 0 Å². The Morgan fingerprint density at radius 3 is 1.95 bits per heavy atom. The fourth-order valence-electron chi connectivity index (χ4n) is 3.15. The monoisotopic (exact) mass is 282 g/mol. The summed E-state index contributed by atoms with van der Waals surface area (Å²) in [4.78, 5) is 0. The van der Waals surface area contributed by atoms with Crippen molar-refractivity contribution in [1.29, 1.82) is 0 Å². The number of hydrogen-bond donors (Lipinski definition) is 0. The van der Waals surface area contributed by atoms with E-state index in [9.17, 15) is 0 Å². The second-order valence-corrected chi connectivity index (χ2v) is 5.90. The predicted octanol–water partition coefficient (Wildman–Crippen LogP) is 5.04. The third kappa shape index (κ3) is 3.36. The van der Waals surface area contributed by atoms with Gasteiger partial charge >= 0.3 is 0 Å². The molecule has 21 heavy (non-hydrogen) atoms. The Hall–Kier alpha value is -1.60. The van der Waals surface area contributed by atoms with E-state index in [1.165, 1.54) is 46.4 Å². The summed E-state index contributed by atoms with van der Waals surface area (Å²) in [6.07, 6.45) is 0. The van der Waals surface area contributed by atoms with Crippen molar-refractivity contribution in [2.24, 2.45) is 0 Å². The normalized spacial score (nSPS) is 11.6. The highest BCUT2D eigenvalue weighted by atomic mass is 15.3. The molecule has 0 aliphatic heterocycles. The Morgan fingerprint density at radius 1 is 0.762 bits per heavy atom. The minimum atomic E-state index is 1.13. The zero-order valence-electron chi connectivity index (χ0n) is 13.9. The lowest BCUT2D eigenvalue weighted by Crippen LogP contribution is -2.46. The molecule has 0 aliphatic carbocycles. The summed E-state index contributed by atoms with van der Waals surface area (Å²) in [7, 11) is 0. The zero-order valence-corrected chi connectivity index (χ0v) is 13.9. The number of quaternary nitrogens is 1. The van der Waals surface area contributed by atoms with Crippen molar-refractivity contribution in [1.82, 2.24) is 0 Å². The Labute approximate surface area is 129 Å². The summed E-state index contributed by atoms with van der Waals surface area (Å²) in [5, 5.41) is 0. The van der Waals surface area contributed by atoms with Crippen molar-refractivity contribution < 1.29 is 4.48 Å². The highest BCUT2D eigenvalue weighted by molar-refractivity contribution is 5.68. The van der Waals surface area contributed by atoms with Crippen molar-refractivity contribution >= 4 is 0 Å². The SMILES string of the molecule is CC[N+](CC)(CC)Cc1cccc(-c2ccccc2)c1C. The lowest BCUT2D eigenvalue weighted by atomic mass is 9.96. The third-order valence-corrected chi connectivity index (χ3v) is 5.05. The van der Waals surface area contributed by atoms with E-state index in [-0.39, 0.29) is 0 Å². The van der Waals surface area contributed by atoms with Crippen molar-refractivity contribution in [3.63, 3.8) is 0 Å². The van der Waals surface area contributed by atoms with Gasteiger partial charge in [0.15, 0.2) is 0 Å². The summed E-state index contributed by atoms with van der Waals surface area (Å²) >= 11 is 0. The molecule has 0 aromatic heterocycles. The lowest BCUT2D eigenvalue weighted by Gasteiger charge is -2.36. The van der Waals surface area contributed by atoms with Gasteiger partial charge in [0.2, 0.25) is 0 Å². The Bertz CT molecular complexity index is 559. The first kappa shape index (κ1) is 15.8. The summed E-state index contributed by atoms with van der Waals surface area (Å²) in [6, 6.07) is 17.5. The molecule has 0 radical (unpaired) electrons. The average Bonchev–Trinajstić information content (AvgIpc) is 2.55. The van der Waals surface area contributed by atoms with Gasteiger partial charge in [0.1, 0.15) is 6.54 Å². The van der Waals surface area contributed by atoms with E-state index in [0.717, 1.165) is 6.54 Å². The molecule has 0 unspecified atom stereocenters. The molecule has 0 fully saturated rings. The summed E-state index contributed by atoms with van der Waals surface area (Å²) in [6.45, 7) is 13.9. The number of benzene rings is 2. The molecule has 2 aromatic carbocycles. The molecular weight excluding hydrogens is 254 g/mol. The Balaban J connectivity index is 2.39. The molecule has 0 spiro atoms. The topological polar surface area (TPSA) is 0 Å².